The van der Waals surface area contributed by atoms with E-state index >= 15 is 0 Å². The van der Waals surface area contributed by atoms with E-state index in [1.165, 1.54) is 7.11 Å². The fourth-order valence-corrected chi connectivity index (χ4v) is 2.96. The highest BCUT2D eigenvalue weighted by Gasteiger charge is 2.16. The number of amides is 1. The molecule has 0 aliphatic heterocycles. The lowest BCUT2D eigenvalue weighted by Gasteiger charge is -2.13. The number of fused-ring (bicyclic) bond motifs is 1. The Morgan fingerprint density at radius 3 is 2.46 bits per heavy atom. The molecule has 0 spiro atoms. The van der Waals surface area contributed by atoms with E-state index < -0.39 is 0 Å². The molecule has 0 fully saturated rings. The van der Waals surface area contributed by atoms with Crippen LogP contribution in [0, 0.1) is 0 Å². The maximum absolute atomic E-state index is 12.8. The van der Waals surface area contributed by atoms with Gasteiger partial charge in [0.15, 0.2) is 5.58 Å². The standard InChI is InChI=1S/C22H18N2O4/c1-26-18-9-5-3-7-15(18)21(25)23-17-13-14(11-12-19(17)27-2)22-24-16-8-4-6-10-20(16)28-22/h3-13H,1-2H3,(H,23,25). The zero-order valence-electron chi connectivity index (χ0n) is 15.4. The minimum Gasteiger partial charge on any atom is -0.496 e. The molecule has 1 amide bonds. The van der Waals surface area contributed by atoms with Gasteiger partial charge in [-0.2, -0.15) is 0 Å². The van der Waals surface area contributed by atoms with Gasteiger partial charge in [-0.05, 0) is 42.5 Å². The number of nitrogens with zero attached hydrogens (tertiary/aromatic N) is 1. The summed E-state index contributed by atoms with van der Waals surface area (Å²) in [7, 11) is 3.08. The summed E-state index contributed by atoms with van der Waals surface area (Å²) in [6.07, 6.45) is 0. The number of benzene rings is 3. The van der Waals surface area contributed by atoms with Gasteiger partial charge in [-0.15, -0.1) is 0 Å². The van der Waals surface area contributed by atoms with Crippen molar-refractivity contribution >= 4 is 22.7 Å². The molecule has 6 heteroatoms. The molecule has 1 heterocycles. The van der Waals surface area contributed by atoms with Crippen LogP contribution in [0.1, 0.15) is 10.4 Å². The maximum atomic E-state index is 12.8. The Kier molecular flexibility index (Phi) is 4.68. The smallest absolute Gasteiger partial charge is 0.259 e. The quantitative estimate of drug-likeness (QED) is 0.545. The maximum Gasteiger partial charge on any atom is 0.259 e. The van der Waals surface area contributed by atoms with Crippen LogP contribution >= 0.6 is 0 Å². The second-order valence-electron chi connectivity index (χ2n) is 6.06. The highest BCUT2D eigenvalue weighted by Crippen LogP contribution is 2.32. The van der Waals surface area contributed by atoms with Crippen LogP contribution < -0.4 is 14.8 Å². The topological polar surface area (TPSA) is 73.6 Å². The largest absolute Gasteiger partial charge is 0.496 e. The van der Waals surface area contributed by atoms with Crippen LogP contribution in [0.3, 0.4) is 0 Å². The summed E-state index contributed by atoms with van der Waals surface area (Å²) in [6, 6.07) is 19.9. The monoisotopic (exact) mass is 374 g/mol. The minimum atomic E-state index is -0.300. The van der Waals surface area contributed by atoms with Gasteiger partial charge >= 0.3 is 0 Å². The summed E-state index contributed by atoms with van der Waals surface area (Å²) < 4.78 is 16.5. The lowest BCUT2D eigenvalue weighted by Crippen LogP contribution is -2.13. The van der Waals surface area contributed by atoms with Crippen LogP contribution in [-0.2, 0) is 0 Å². The van der Waals surface area contributed by atoms with Gasteiger partial charge in [0.2, 0.25) is 5.89 Å². The minimum absolute atomic E-state index is 0.300. The molecule has 4 rings (SSSR count). The van der Waals surface area contributed by atoms with E-state index in [9.17, 15) is 4.79 Å². The molecule has 0 bridgehead atoms. The van der Waals surface area contributed by atoms with E-state index in [0.29, 0.717) is 34.2 Å². The van der Waals surface area contributed by atoms with Crippen molar-refractivity contribution in [3.05, 3.63) is 72.3 Å². The number of carbonyl (C=O) groups excluding carboxylic acids is 1. The Hall–Kier alpha value is -3.80. The van der Waals surface area contributed by atoms with Gasteiger partial charge in [-0.25, -0.2) is 4.98 Å². The van der Waals surface area contributed by atoms with Crippen LogP contribution in [-0.4, -0.2) is 25.1 Å². The Morgan fingerprint density at radius 1 is 0.929 bits per heavy atom. The predicted octanol–water partition coefficient (Wildman–Crippen LogP) is 4.76. The first-order chi connectivity index (χ1) is 13.7. The molecule has 0 saturated heterocycles. The van der Waals surface area contributed by atoms with E-state index in [-0.39, 0.29) is 5.91 Å². The molecule has 0 atom stereocenters. The number of carbonyl (C=O) groups is 1. The average Bonchev–Trinajstić information content (AvgIpc) is 3.18. The van der Waals surface area contributed by atoms with Crippen LogP contribution in [0.5, 0.6) is 11.5 Å². The van der Waals surface area contributed by atoms with Gasteiger partial charge < -0.3 is 19.2 Å². The van der Waals surface area contributed by atoms with Gasteiger partial charge in [0.25, 0.3) is 5.91 Å². The highest BCUT2D eigenvalue weighted by atomic mass is 16.5. The number of anilines is 1. The van der Waals surface area contributed by atoms with Gasteiger partial charge in [0.05, 0.1) is 25.5 Å². The van der Waals surface area contributed by atoms with Crippen molar-refractivity contribution in [3.63, 3.8) is 0 Å². The van der Waals surface area contributed by atoms with E-state index in [4.69, 9.17) is 13.9 Å². The van der Waals surface area contributed by atoms with E-state index in [2.05, 4.69) is 10.3 Å². The Balaban J connectivity index is 1.70. The summed E-state index contributed by atoms with van der Waals surface area (Å²) in [4.78, 5) is 17.3. The molecule has 1 N–H and O–H groups in total. The Bertz CT molecular complexity index is 1120. The van der Waals surface area contributed by atoms with Crippen LogP contribution in [0.4, 0.5) is 5.69 Å². The number of ether oxygens (including phenoxy) is 2. The van der Waals surface area contributed by atoms with Crippen LogP contribution in [0.15, 0.2) is 71.1 Å². The number of oxazole rings is 1. The first-order valence-electron chi connectivity index (χ1n) is 8.68. The summed E-state index contributed by atoms with van der Waals surface area (Å²) >= 11 is 0. The molecule has 0 unspecified atom stereocenters. The summed E-state index contributed by atoms with van der Waals surface area (Å²) in [5, 5.41) is 2.88. The number of hydrogen-bond acceptors (Lipinski definition) is 5. The first kappa shape index (κ1) is 17.6. The van der Waals surface area contributed by atoms with Crippen molar-refractivity contribution in [2.75, 3.05) is 19.5 Å². The predicted molar refractivity (Wildman–Crippen MR) is 107 cm³/mol. The van der Waals surface area contributed by atoms with Crippen molar-refractivity contribution in [1.29, 1.82) is 0 Å². The number of hydrogen-bond donors (Lipinski definition) is 1. The third-order valence-electron chi connectivity index (χ3n) is 4.34. The van der Waals surface area contributed by atoms with Crippen LogP contribution in [0.25, 0.3) is 22.6 Å². The van der Waals surface area contributed by atoms with Crippen molar-refractivity contribution in [1.82, 2.24) is 4.98 Å². The van der Waals surface area contributed by atoms with Gasteiger partial charge in [-0.1, -0.05) is 24.3 Å². The molecular formula is C22H18N2O4. The third-order valence-corrected chi connectivity index (χ3v) is 4.34. The lowest BCUT2D eigenvalue weighted by molar-refractivity contribution is 0.102. The number of methoxy groups -OCH3 is 2. The molecule has 0 aliphatic rings. The van der Waals surface area contributed by atoms with E-state index in [0.717, 1.165) is 11.1 Å². The molecule has 3 aromatic carbocycles. The molecule has 0 aliphatic carbocycles. The summed E-state index contributed by atoms with van der Waals surface area (Å²) in [6.45, 7) is 0. The number of aromatic nitrogens is 1. The van der Waals surface area contributed by atoms with Crippen molar-refractivity contribution < 1.29 is 18.7 Å². The number of rotatable bonds is 5. The Morgan fingerprint density at radius 2 is 1.68 bits per heavy atom. The lowest BCUT2D eigenvalue weighted by atomic mass is 10.1. The molecular weight excluding hydrogens is 356 g/mol. The van der Waals surface area contributed by atoms with Crippen molar-refractivity contribution in [2.24, 2.45) is 0 Å². The highest BCUT2D eigenvalue weighted by molar-refractivity contribution is 6.07. The SMILES string of the molecule is COc1ccc(-c2nc3ccccc3o2)cc1NC(=O)c1ccccc1OC. The second kappa shape index (κ2) is 7.44. The Labute approximate surface area is 161 Å². The molecule has 0 saturated carbocycles. The van der Waals surface area contributed by atoms with Crippen molar-refractivity contribution in [2.45, 2.75) is 0 Å². The molecule has 0 radical (unpaired) electrons. The normalized spacial score (nSPS) is 10.6. The van der Waals surface area contributed by atoms with Gasteiger partial charge in [0, 0.05) is 5.56 Å². The third kappa shape index (κ3) is 3.27. The molecule has 140 valence electrons. The summed E-state index contributed by atoms with van der Waals surface area (Å²) in [5.41, 5.74) is 3.14. The van der Waals surface area contributed by atoms with E-state index in [1.54, 1.807) is 37.4 Å². The zero-order valence-corrected chi connectivity index (χ0v) is 15.4. The fourth-order valence-electron chi connectivity index (χ4n) is 2.96. The van der Waals surface area contributed by atoms with E-state index in [1.807, 2.05) is 36.4 Å². The molecule has 1 aromatic heterocycles. The molecule has 28 heavy (non-hydrogen) atoms. The second-order valence-corrected chi connectivity index (χ2v) is 6.06. The van der Waals surface area contributed by atoms with Gasteiger partial charge in [-0.3, -0.25) is 4.79 Å². The molecule has 4 aromatic rings. The van der Waals surface area contributed by atoms with Crippen LogP contribution in [0.2, 0.25) is 0 Å². The molecule has 6 nitrogen and oxygen atoms in total. The van der Waals surface area contributed by atoms with Crippen molar-refractivity contribution in [3.8, 4) is 23.0 Å². The number of nitrogens with one attached hydrogen (secondary N) is 1. The first-order valence-corrected chi connectivity index (χ1v) is 8.68. The van der Waals surface area contributed by atoms with Gasteiger partial charge in [0.1, 0.15) is 17.0 Å². The summed E-state index contributed by atoms with van der Waals surface area (Å²) in [5.74, 6) is 1.19. The number of para-hydroxylation sites is 3. The zero-order chi connectivity index (χ0) is 19.5. The average molecular weight is 374 g/mol. The fraction of sp³-hybridized carbons (Fsp3) is 0.0909.